The number of hydrogen-bond donors (Lipinski definition) is 1. The molecule has 36 heavy (non-hydrogen) atoms. The zero-order chi connectivity index (χ0) is 26.5. The Morgan fingerprint density at radius 2 is 1.97 bits per heavy atom. The van der Waals surface area contributed by atoms with Crippen molar-refractivity contribution in [3.8, 4) is 0 Å². The van der Waals surface area contributed by atoms with Crippen molar-refractivity contribution in [3.63, 3.8) is 0 Å². The molecule has 0 spiro atoms. The normalized spacial score (nSPS) is 23.4. The second kappa shape index (κ2) is 9.71. The molecule has 10 nitrogen and oxygen atoms in total. The second-order valence-electron chi connectivity index (χ2n) is 10.3. The van der Waals surface area contributed by atoms with Crippen LogP contribution in [0, 0.1) is 17.3 Å². The molecule has 1 fully saturated rings. The molecule has 4 heterocycles. The fraction of sp³-hybridized carbons (Fsp3) is 0.583. The van der Waals surface area contributed by atoms with Gasteiger partial charge in [0.1, 0.15) is 21.9 Å². The number of carbonyl (C=O) groups excluding carboxylic acids is 3. The second-order valence-corrected chi connectivity index (χ2v) is 12.1. The molecule has 0 aromatic carbocycles. The first-order valence-electron chi connectivity index (χ1n) is 11.6. The number of fused-ring (bicyclic) bond motifs is 2. The van der Waals surface area contributed by atoms with E-state index in [-0.39, 0.29) is 35.6 Å². The minimum Gasteiger partial charge on any atom is -0.434 e. The van der Waals surface area contributed by atoms with Gasteiger partial charge >= 0.3 is 12.1 Å². The van der Waals surface area contributed by atoms with Crippen molar-refractivity contribution < 1.29 is 33.7 Å². The van der Waals surface area contributed by atoms with Crippen LogP contribution in [0.15, 0.2) is 23.2 Å². The molecule has 2 aromatic heterocycles. The fourth-order valence-corrected chi connectivity index (χ4v) is 6.52. The van der Waals surface area contributed by atoms with E-state index in [9.17, 15) is 19.5 Å². The minimum absolute atomic E-state index is 0.107. The average molecular weight is 538 g/mol. The Bertz CT molecular complexity index is 1230. The maximum Gasteiger partial charge on any atom is 0.511 e. The molecule has 0 saturated carbocycles. The molecule has 2 aliphatic heterocycles. The average Bonchev–Trinajstić information content (AvgIpc) is 3.41. The van der Waals surface area contributed by atoms with E-state index in [1.807, 2.05) is 44.5 Å². The van der Waals surface area contributed by atoms with Gasteiger partial charge in [-0.2, -0.15) is 0 Å². The summed E-state index contributed by atoms with van der Waals surface area (Å²) in [6.07, 6.45) is 2.48. The van der Waals surface area contributed by atoms with E-state index >= 15 is 0 Å². The Labute approximate surface area is 217 Å². The van der Waals surface area contributed by atoms with Gasteiger partial charge in [-0.25, -0.2) is 14.6 Å². The van der Waals surface area contributed by atoms with Crippen molar-refractivity contribution in [2.45, 2.75) is 65.0 Å². The lowest BCUT2D eigenvalue weighted by Crippen LogP contribution is -2.63. The molecule has 2 aliphatic rings. The predicted molar refractivity (Wildman–Crippen MR) is 134 cm³/mol. The number of nitrogens with zero attached hydrogens (tertiary/aromatic N) is 3. The van der Waals surface area contributed by atoms with Crippen molar-refractivity contribution in [2.75, 3.05) is 12.9 Å². The summed E-state index contributed by atoms with van der Waals surface area (Å²) < 4.78 is 17.5. The molecule has 2 aromatic rings. The van der Waals surface area contributed by atoms with Gasteiger partial charge in [-0.05, 0) is 18.6 Å². The van der Waals surface area contributed by atoms with Crippen LogP contribution in [0.25, 0.3) is 10.4 Å². The summed E-state index contributed by atoms with van der Waals surface area (Å²) >= 11 is 2.99. The molecule has 1 N–H and O–H groups in total. The lowest BCUT2D eigenvalue weighted by molar-refractivity contribution is -0.173. The number of ether oxygens (including phenoxy) is 3. The number of amides is 1. The Hall–Kier alpha value is -2.57. The zero-order valence-electron chi connectivity index (χ0n) is 21.3. The summed E-state index contributed by atoms with van der Waals surface area (Å²) in [5.74, 6) is -1.96. The summed E-state index contributed by atoms with van der Waals surface area (Å²) in [6.45, 7) is 10.8. The third-order valence-electron chi connectivity index (χ3n) is 6.16. The quantitative estimate of drug-likeness (QED) is 0.244. The van der Waals surface area contributed by atoms with Crippen LogP contribution in [0.1, 0.15) is 46.4 Å². The van der Waals surface area contributed by atoms with Crippen molar-refractivity contribution in [1.82, 2.24) is 14.3 Å². The standard InChI is InChI=1S/C24H31N3O7S2/c1-11-15(14-8-26-10-25-19(35-7)21(26)36-14)18(27-17(11)16(12(2)28)20(27)29)22(30)33-13(3)34-23(31)32-9-24(4,5)6/h8,10-13,16-17,28H,9H2,1-7H3/t11-,12+,13?,16+,17+/m0/s1. The van der Waals surface area contributed by atoms with Crippen LogP contribution in [0.2, 0.25) is 0 Å². The van der Waals surface area contributed by atoms with E-state index in [2.05, 4.69) is 4.98 Å². The number of esters is 1. The number of imidazole rings is 1. The van der Waals surface area contributed by atoms with Crippen LogP contribution in [-0.4, -0.2) is 68.7 Å². The first kappa shape index (κ1) is 26.5. The molecule has 0 aliphatic carbocycles. The van der Waals surface area contributed by atoms with Crippen LogP contribution >= 0.6 is 23.1 Å². The first-order chi connectivity index (χ1) is 16.8. The molecular weight excluding hydrogens is 506 g/mol. The number of thiazole rings is 1. The highest BCUT2D eigenvalue weighted by Gasteiger charge is 2.60. The molecule has 4 rings (SSSR count). The maximum atomic E-state index is 13.4. The Kier molecular flexibility index (Phi) is 7.15. The summed E-state index contributed by atoms with van der Waals surface area (Å²) in [7, 11) is 0. The van der Waals surface area contributed by atoms with Gasteiger partial charge in [0.25, 0.3) is 0 Å². The summed E-state index contributed by atoms with van der Waals surface area (Å²) in [5.41, 5.74) is 0.518. The van der Waals surface area contributed by atoms with Crippen molar-refractivity contribution in [3.05, 3.63) is 23.1 Å². The number of β-lactam (4-membered cyclic amide) rings is 1. The summed E-state index contributed by atoms with van der Waals surface area (Å²) in [5, 5.41) is 11.1. The minimum atomic E-state index is -1.23. The summed E-state index contributed by atoms with van der Waals surface area (Å²) in [6, 6.07) is -0.373. The van der Waals surface area contributed by atoms with E-state index in [4.69, 9.17) is 14.2 Å². The van der Waals surface area contributed by atoms with E-state index < -0.39 is 30.4 Å². The van der Waals surface area contributed by atoms with Crippen LogP contribution < -0.4 is 0 Å². The van der Waals surface area contributed by atoms with Gasteiger partial charge in [0.15, 0.2) is 0 Å². The lowest BCUT2D eigenvalue weighted by atomic mass is 9.77. The number of carbonyl (C=O) groups is 3. The largest absolute Gasteiger partial charge is 0.511 e. The number of aromatic nitrogens is 2. The molecule has 1 saturated heterocycles. The van der Waals surface area contributed by atoms with Gasteiger partial charge in [0.05, 0.1) is 29.5 Å². The Morgan fingerprint density at radius 3 is 2.58 bits per heavy atom. The van der Waals surface area contributed by atoms with Crippen LogP contribution in [0.4, 0.5) is 4.79 Å². The SMILES string of the molecule is CSc1ncn2cc(C3=C(C(=O)OC(C)OC(=O)OCC(C)(C)C)N4C(=O)[C@H]([C@@H](C)O)[C@H]4[C@H]3C)sc12. The van der Waals surface area contributed by atoms with Crippen molar-refractivity contribution in [2.24, 2.45) is 17.3 Å². The van der Waals surface area contributed by atoms with Gasteiger partial charge < -0.3 is 24.2 Å². The third kappa shape index (κ3) is 4.73. The first-order valence-corrected chi connectivity index (χ1v) is 13.7. The predicted octanol–water partition coefficient (Wildman–Crippen LogP) is 3.77. The van der Waals surface area contributed by atoms with Crippen molar-refractivity contribution in [1.29, 1.82) is 0 Å². The number of hydrogen-bond acceptors (Lipinski definition) is 10. The monoisotopic (exact) mass is 537 g/mol. The van der Waals surface area contributed by atoms with Crippen molar-refractivity contribution >= 4 is 51.5 Å². The number of aliphatic hydroxyl groups excluding tert-OH is 1. The number of rotatable bonds is 7. The van der Waals surface area contributed by atoms with Gasteiger partial charge in [-0.1, -0.05) is 27.7 Å². The highest BCUT2D eigenvalue weighted by Crippen LogP contribution is 2.52. The number of aliphatic hydroxyl groups is 1. The molecule has 196 valence electrons. The molecule has 12 heteroatoms. The highest BCUT2D eigenvalue weighted by atomic mass is 32.2. The number of thioether (sulfide) groups is 1. The fourth-order valence-electron chi connectivity index (χ4n) is 4.60. The molecular formula is C24H31N3O7S2. The van der Waals surface area contributed by atoms with Crippen LogP contribution in [0.5, 0.6) is 0 Å². The van der Waals surface area contributed by atoms with Gasteiger partial charge in [-0.3, -0.25) is 9.20 Å². The molecule has 0 bridgehead atoms. The maximum absolute atomic E-state index is 13.4. The topological polar surface area (TPSA) is 120 Å². The summed E-state index contributed by atoms with van der Waals surface area (Å²) in [4.78, 5) is 45.9. The van der Waals surface area contributed by atoms with E-state index in [1.54, 1.807) is 13.3 Å². The molecule has 1 amide bonds. The smallest absolute Gasteiger partial charge is 0.434 e. The van der Waals surface area contributed by atoms with Crippen LogP contribution in [0.3, 0.4) is 0 Å². The van der Waals surface area contributed by atoms with E-state index in [0.29, 0.717) is 5.57 Å². The Morgan fingerprint density at radius 1 is 1.28 bits per heavy atom. The zero-order valence-corrected chi connectivity index (χ0v) is 22.9. The molecule has 0 radical (unpaired) electrons. The van der Waals surface area contributed by atoms with Gasteiger partial charge in [0, 0.05) is 24.6 Å². The highest BCUT2D eigenvalue weighted by molar-refractivity contribution is 7.98. The van der Waals surface area contributed by atoms with E-state index in [0.717, 1.165) is 14.7 Å². The Balaban J connectivity index is 1.62. The van der Waals surface area contributed by atoms with Gasteiger partial charge in [-0.15, -0.1) is 23.1 Å². The third-order valence-corrected chi connectivity index (χ3v) is 8.12. The van der Waals surface area contributed by atoms with E-state index in [1.165, 1.54) is 34.9 Å². The molecule has 1 unspecified atom stereocenters. The molecule has 5 atom stereocenters. The van der Waals surface area contributed by atoms with Crippen LogP contribution in [-0.2, 0) is 23.8 Å². The lowest BCUT2D eigenvalue weighted by Gasteiger charge is -2.46. The van der Waals surface area contributed by atoms with Gasteiger partial charge in [0.2, 0.25) is 12.2 Å².